The summed E-state index contributed by atoms with van der Waals surface area (Å²) in [5, 5.41) is 0. The second-order valence-corrected chi connectivity index (χ2v) is 8.75. The normalized spacial score (nSPS) is 47.0. The number of nitrogens with two attached hydrogens (primary N) is 1. The van der Waals surface area contributed by atoms with Crippen molar-refractivity contribution in [3.05, 3.63) is 0 Å². The summed E-state index contributed by atoms with van der Waals surface area (Å²) in [6, 6.07) is 0. The lowest BCUT2D eigenvalue weighted by molar-refractivity contribution is -0.127. The maximum absolute atomic E-state index is 6.36. The quantitative estimate of drug-likeness (QED) is 0.834. The monoisotopic (exact) mass is 250 g/mol. The molecule has 0 radical (unpaired) electrons. The van der Waals surface area contributed by atoms with Gasteiger partial charge < -0.3 is 10.6 Å². The minimum absolute atomic E-state index is 0.000821. The molecule has 4 fully saturated rings. The first-order valence-electron chi connectivity index (χ1n) is 7.68. The maximum Gasteiger partial charge on any atom is 0.0214 e. The smallest absolute Gasteiger partial charge is 0.0214 e. The van der Waals surface area contributed by atoms with Gasteiger partial charge in [-0.15, -0.1) is 0 Å². The molecular weight excluding hydrogens is 220 g/mol. The van der Waals surface area contributed by atoms with Gasteiger partial charge in [0.05, 0.1) is 0 Å². The first kappa shape index (κ1) is 12.9. The van der Waals surface area contributed by atoms with E-state index in [4.69, 9.17) is 5.73 Å². The molecule has 2 atom stereocenters. The topological polar surface area (TPSA) is 29.3 Å². The van der Waals surface area contributed by atoms with E-state index in [1.54, 1.807) is 0 Å². The van der Waals surface area contributed by atoms with Crippen molar-refractivity contribution < 1.29 is 0 Å². The summed E-state index contributed by atoms with van der Waals surface area (Å²) in [6.07, 6.45) is 9.94. The molecule has 4 rings (SSSR count). The largest absolute Gasteiger partial charge is 0.326 e. The summed E-state index contributed by atoms with van der Waals surface area (Å²) in [5.74, 6) is 1.96. The van der Waals surface area contributed by atoms with Gasteiger partial charge in [0.15, 0.2) is 0 Å². The van der Waals surface area contributed by atoms with Crippen molar-refractivity contribution >= 4 is 0 Å². The van der Waals surface area contributed by atoms with Crippen LogP contribution in [0, 0.1) is 17.3 Å². The van der Waals surface area contributed by atoms with Gasteiger partial charge in [0.2, 0.25) is 0 Å². The summed E-state index contributed by atoms with van der Waals surface area (Å²) in [6.45, 7) is 4.43. The highest BCUT2D eigenvalue weighted by Gasteiger charge is 2.58. The molecule has 104 valence electrons. The second kappa shape index (κ2) is 3.73. The fourth-order valence-electron chi connectivity index (χ4n) is 6.10. The SMILES string of the molecule is CN(C)C12CC3CC(CC(CC(C)(C)N)(C3)C1)C2. The zero-order chi connectivity index (χ0) is 13.2. The average Bonchev–Trinajstić information content (AvgIpc) is 2.10. The van der Waals surface area contributed by atoms with Gasteiger partial charge >= 0.3 is 0 Å². The molecule has 4 aliphatic carbocycles. The Bertz CT molecular complexity index is 325. The van der Waals surface area contributed by atoms with Crippen molar-refractivity contribution in [2.24, 2.45) is 23.0 Å². The Morgan fingerprint density at radius 2 is 1.67 bits per heavy atom. The lowest BCUT2D eigenvalue weighted by Crippen LogP contribution is -2.62. The third-order valence-corrected chi connectivity index (χ3v) is 5.93. The van der Waals surface area contributed by atoms with Crippen molar-refractivity contribution in [2.45, 2.75) is 69.9 Å². The first-order valence-corrected chi connectivity index (χ1v) is 7.68. The van der Waals surface area contributed by atoms with Crippen LogP contribution in [-0.2, 0) is 0 Å². The van der Waals surface area contributed by atoms with Gasteiger partial charge in [-0.25, -0.2) is 0 Å². The van der Waals surface area contributed by atoms with Crippen molar-refractivity contribution in [3.63, 3.8) is 0 Å². The summed E-state index contributed by atoms with van der Waals surface area (Å²) in [5.41, 5.74) is 7.43. The molecule has 0 spiro atoms. The Morgan fingerprint density at radius 1 is 1.11 bits per heavy atom. The fourth-order valence-corrected chi connectivity index (χ4v) is 6.10. The van der Waals surface area contributed by atoms with Crippen LogP contribution >= 0.6 is 0 Å². The zero-order valence-electron chi connectivity index (χ0n) is 12.6. The maximum atomic E-state index is 6.36. The molecule has 0 heterocycles. The zero-order valence-corrected chi connectivity index (χ0v) is 12.6. The standard InChI is InChI=1S/C16H30N2/c1-14(2,17)10-15-6-12-5-13(7-15)9-16(8-12,11-15)18(3)4/h12-13H,5-11,17H2,1-4H3. The highest BCUT2D eigenvalue weighted by molar-refractivity contribution is 5.12. The van der Waals surface area contributed by atoms with Gasteiger partial charge in [0.1, 0.15) is 0 Å². The van der Waals surface area contributed by atoms with E-state index in [-0.39, 0.29) is 5.54 Å². The third-order valence-electron chi connectivity index (χ3n) is 5.93. The molecule has 4 saturated carbocycles. The van der Waals surface area contributed by atoms with Gasteiger partial charge in [-0.2, -0.15) is 0 Å². The third kappa shape index (κ3) is 2.02. The molecule has 0 aliphatic heterocycles. The van der Waals surface area contributed by atoms with Gasteiger partial charge in [0.25, 0.3) is 0 Å². The molecule has 2 N–H and O–H groups in total. The second-order valence-electron chi connectivity index (χ2n) is 8.75. The van der Waals surface area contributed by atoms with Crippen LogP contribution in [0.5, 0.6) is 0 Å². The number of nitrogens with zero attached hydrogens (tertiary/aromatic N) is 1. The predicted octanol–water partition coefficient (Wildman–Crippen LogP) is 3.01. The predicted molar refractivity (Wildman–Crippen MR) is 76.4 cm³/mol. The molecule has 2 heteroatoms. The van der Waals surface area contributed by atoms with Crippen LogP contribution in [0.2, 0.25) is 0 Å². The average molecular weight is 250 g/mol. The molecule has 4 bridgehead atoms. The lowest BCUT2D eigenvalue weighted by Gasteiger charge is -2.65. The Labute approximate surface area is 112 Å². The molecule has 0 saturated heterocycles. The summed E-state index contributed by atoms with van der Waals surface area (Å²) < 4.78 is 0. The number of rotatable bonds is 3. The Morgan fingerprint density at radius 3 is 2.11 bits per heavy atom. The van der Waals surface area contributed by atoms with Crippen molar-refractivity contribution in [1.29, 1.82) is 0 Å². The molecule has 2 unspecified atom stereocenters. The van der Waals surface area contributed by atoms with E-state index < -0.39 is 0 Å². The van der Waals surface area contributed by atoms with Crippen LogP contribution in [0.25, 0.3) is 0 Å². The van der Waals surface area contributed by atoms with Crippen LogP contribution in [0.3, 0.4) is 0 Å². The van der Waals surface area contributed by atoms with Gasteiger partial charge in [-0.3, -0.25) is 0 Å². The van der Waals surface area contributed by atoms with Crippen molar-refractivity contribution in [3.8, 4) is 0 Å². The van der Waals surface area contributed by atoms with E-state index in [9.17, 15) is 0 Å². The molecule has 0 aromatic carbocycles. The van der Waals surface area contributed by atoms with E-state index in [1.807, 2.05) is 0 Å². The summed E-state index contributed by atoms with van der Waals surface area (Å²) in [4.78, 5) is 2.54. The highest BCUT2D eigenvalue weighted by Crippen LogP contribution is 2.64. The molecular formula is C16H30N2. The minimum Gasteiger partial charge on any atom is -0.326 e. The minimum atomic E-state index is -0.000821. The molecule has 2 nitrogen and oxygen atoms in total. The Hall–Kier alpha value is -0.0800. The van der Waals surface area contributed by atoms with Crippen LogP contribution in [0.4, 0.5) is 0 Å². The van der Waals surface area contributed by atoms with E-state index in [0.29, 0.717) is 11.0 Å². The van der Waals surface area contributed by atoms with Crippen LogP contribution in [0.1, 0.15) is 58.8 Å². The summed E-state index contributed by atoms with van der Waals surface area (Å²) in [7, 11) is 4.60. The van der Waals surface area contributed by atoms with E-state index in [0.717, 1.165) is 11.8 Å². The van der Waals surface area contributed by atoms with Crippen molar-refractivity contribution in [2.75, 3.05) is 14.1 Å². The lowest BCUT2D eigenvalue weighted by atomic mass is 9.45. The van der Waals surface area contributed by atoms with E-state index >= 15 is 0 Å². The Balaban J connectivity index is 1.90. The molecule has 18 heavy (non-hydrogen) atoms. The van der Waals surface area contributed by atoms with Crippen molar-refractivity contribution in [1.82, 2.24) is 4.90 Å². The molecule has 0 aromatic heterocycles. The first-order chi connectivity index (χ1) is 8.22. The van der Waals surface area contributed by atoms with E-state index in [2.05, 4.69) is 32.8 Å². The van der Waals surface area contributed by atoms with Crippen LogP contribution in [0.15, 0.2) is 0 Å². The number of hydrogen-bond acceptors (Lipinski definition) is 2. The van der Waals surface area contributed by atoms with E-state index in [1.165, 1.54) is 44.9 Å². The molecule has 4 aliphatic rings. The van der Waals surface area contributed by atoms with Crippen LogP contribution < -0.4 is 5.73 Å². The van der Waals surface area contributed by atoms with Crippen LogP contribution in [-0.4, -0.2) is 30.1 Å². The van der Waals surface area contributed by atoms with Gasteiger partial charge in [-0.1, -0.05) is 0 Å². The molecule has 0 aromatic rings. The summed E-state index contributed by atoms with van der Waals surface area (Å²) >= 11 is 0. The highest BCUT2D eigenvalue weighted by atomic mass is 15.2. The fraction of sp³-hybridized carbons (Fsp3) is 1.00. The van der Waals surface area contributed by atoms with Gasteiger partial charge in [-0.05, 0) is 90.1 Å². The Kier molecular flexibility index (Phi) is 2.68. The van der Waals surface area contributed by atoms with Gasteiger partial charge in [0, 0.05) is 11.1 Å². The number of hydrogen-bond donors (Lipinski definition) is 1. The molecule has 0 amide bonds.